The molecule has 1 aliphatic heterocycles. The van der Waals surface area contributed by atoms with E-state index in [-0.39, 0.29) is 10.6 Å². The fraction of sp³-hybridized carbons (Fsp3) is 0.389. The maximum absolute atomic E-state index is 14.6. The molecule has 0 radical (unpaired) electrons. The number of amides is 1. The normalized spacial score (nSPS) is 15.2. The van der Waals surface area contributed by atoms with Gasteiger partial charge in [-0.15, -0.1) is 0 Å². The van der Waals surface area contributed by atoms with E-state index in [0.29, 0.717) is 36.2 Å². The van der Waals surface area contributed by atoms with Gasteiger partial charge in [-0.3, -0.25) is 9.59 Å². The Morgan fingerprint density at radius 3 is 2.50 bits per heavy atom. The van der Waals surface area contributed by atoms with E-state index in [2.05, 4.69) is 5.32 Å². The van der Waals surface area contributed by atoms with Gasteiger partial charge in [-0.1, -0.05) is 11.6 Å². The summed E-state index contributed by atoms with van der Waals surface area (Å²) in [5.41, 5.74) is -2.14. The summed E-state index contributed by atoms with van der Waals surface area (Å²) in [5.74, 6) is -2.09. The van der Waals surface area contributed by atoms with Crippen molar-refractivity contribution in [3.05, 3.63) is 61.1 Å². The first-order valence-corrected chi connectivity index (χ1v) is 11.0. The lowest BCUT2D eigenvalue weighted by atomic mass is 10.1. The summed E-state index contributed by atoms with van der Waals surface area (Å²) in [4.78, 5) is 37.4. The largest absolute Gasteiger partial charge is 0.335 e. The monoisotopic (exact) mass is 458 g/mol. The molecule has 0 spiro atoms. The minimum Gasteiger partial charge on any atom is -0.317 e. The van der Waals surface area contributed by atoms with E-state index in [1.165, 1.54) is 14.0 Å². The third-order valence-electron chi connectivity index (χ3n) is 5.04. The van der Waals surface area contributed by atoms with Crippen LogP contribution in [-0.4, -0.2) is 41.8 Å². The first kappa shape index (κ1) is 22.2. The van der Waals surface area contributed by atoms with Crippen LogP contribution in [0.1, 0.15) is 28.9 Å². The first-order chi connectivity index (χ1) is 14.0. The number of sulfonamides is 1. The minimum atomic E-state index is -3.99. The summed E-state index contributed by atoms with van der Waals surface area (Å²) in [7, 11) is -2.59. The molecule has 2 heterocycles. The van der Waals surface area contributed by atoms with Crippen molar-refractivity contribution in [3.8, 4) is 5.69 Å². The van der Waals surface area contributed by atoms with Crippen LogP contribution in [0.3, 0.4) is 0 Å². The number of rotatable bonds is 4. The topological polar surface area (TPSA) is 119 Å². The number of aromatic nitrogens is 2. The van der Waals surface area contributed by atoms with Crippen LogP contribution >= 0.6 is 11.6 Å². The molecule has 1 saturated heterocycles. The summed E-state index contributed by atoms with van der Waals surface area (Å²) in [5, 5.41) is 1.92. The zero-order valence-electron chi connectivity index (χ0n) is 16.2. The molecule has 2 aromatic rings. The Morgan fingerprint density at radius 2 is 1.87 bits per heavy atom. The van der Waals surface area contributed by atoms with Crippen LogP contribution in [0.25, 0.3) is 5.69 Å². The van der Waals surface area contributed by atoms with Crippen LogP contribution in [-0.2, 0) is 17.1 Å². The van der Waals surface area contributed by atoms with Crippen molar-refractivity contribution in [3.63, 3.8) is 0 Å². The van der Waals surface area contributed by atoms with Crippen LogP contribution in [0.2, 0.25) is 5.02 Å². The minimum absolute atomic E-state index is 0.333. The number of hydrogen-bond acceptors (Lipinski definition) is 6. The maximum Gasteiger partial charge on any atom is 0.335 e. The number of halogens is 2. The van der Waals surface area contributed by atoms with Crippen molar-refractivity contribution in [1.82, 2.24) is 19.2 Å². The quantitative estimate of drug-likeness (QED) is 0.686. The smallest absolute Gasteiger partial charge is 0.317 e. The molecule has 0 saturated carbocycles. The summed E-state index contributed by atoms with van der Waals surface area (Å²) >= 11 is 5.96. The van der Waals surface area contributed by atoms with Gasteiger partial charge in [0.2, 0.25) is 10.0 Å². The SMILES string of the molecule is Cc1cc(=O)n(-c2cc(C(=O)NS(=O)(=O)C3CCNCC3)c(Cl)cc2F)c(=O)n1C. The second kappa shape index (κ2) is 8.32. The Kier molecular flexibility index (Phi) is 6.16. The predicted octanol–water partition coefficient (Wildman–Crippen LogP) is 0.449. The molecule has 0 atom stereocenters. The molecule has 12 heteroatoms. The van der Waals surface area contributed by atoms with E-state index in [4.69, 9.17) is 11.6 Å². The zero-order valence-corrected chi connectivity index (χ0v) is 17.8. The molecule has 0 unspecified atom stereocenters. The molecule has 1 amide bonds. The molecule has 9 nitrogen and oxygen atoms in total. The molecule has 1 aromatic heterocycles. The third-order valence-corrected chi connectivity index (χ3v) is 7.17. The number of nitrogens with one attached hydrogen (secondary N) is 2. The predicted molar refractivity (Wildman–Crippen MR) is 109 cm³/mol. The molecule has 0 bridgehead atoms. The van der Waals surface area contributed by atoms with Gasteiger partial charge < -0.3 is 9.88 Å². The van der Waals surface area contributed by atoms with Crippen LogP contribution in [0.5, 0.6) is 0 Å². The van der Waals surface area contributed by atoms with Gasteiger partial charge >= 0.3 is 5.69 Å². The van der Waals surface area contributed by atoms with Crippen LogP contribution in [0.4, 0.5) is 4.39 Å². The van der Waals surface area contributed by atoms with Gasteiger partial charge in [-0.25, -0.2) is 26.9 Å². The average Bonchev–Trinajstić information content (AvgIpc) is 2.68. The molecule has 1 fully saturated rings. The van der Waals surface area contributed by atoms with Gasteiger partial charge in [0.25, 0.3) is 11.5 Å². The van der Waals surface area contributed by atoms with Crippen molar-refractivity contribution < 1.29 is 17.6 Å². The van der Waals surface area contributed by atoms with E-state index in [0.717, 1.165) is 22.8 Å². The highest BCUT2D eigenvalue weighted by Crippen LogP contribution is 2.23. The van der Waals surface area contributed by atoms with Gasteiger partial charge in [-0.05, 0) is 45.0 Å². The highest BCUT2D eigenvalue weighted by Gasteiger charge is 2.30. The lowest BCUT2D eigenvalue weighted by Crippen LogP contribution is -2.43. The molecule has 2 N–H and O–H groups in total. The lowest BCUT2D eigenvalue weighted by Gasteiger charge is -2.23. The van der Waals surface area contributed by atoms with E-state index >= 15 is 0 Å². The van der Waals surface area contributed by atoms with Gasteiger partial charge in [0.05, 0.1) is 21.5 Å². The van der Waals surface area contributed by atoms with Gasteiger partial charge in [0.1, 0.15) is 5.82 Å². The Labute approximate surface area is 176 Å². The molecule has 30 heavy (non-hydrogen) atoms. The Balaban J connectivity index is 2.04. The molecule has 1 aliphatic rings. The van der Waals surface area contributed by atoms with Gasteiger partial charge in [0, 0.05) is 18.8 Å². The fourth-order valence-electron chi connectivity index (χ4n) is 3.21. The zero-order chi connectivity index (χ0) is 22.2. The summed E-state index contributed by atoms with van der Waals surface area (Å²) in [6.45, 7) is 2.54. The Bertz CT molecular complexity index is 1230. The molecular weight excluding hydrogens is 439 g/mol. The van der Waals surface area contributed by atoms with Crippen molar-refractivity contribution in [2.24, 2.45) is 7.05 Å². The highest BCUT2D eigenvalue weighted by molar-refractivity contribution is 7.90. The van der Waals surface area contributed by atoms with Crippen molar-refractivity contribution in [2.45, 2.75) is 25.0 Å². The first-order valence-electron chi connectivity index (χ1n) is 9.08. The van der Waals surface area contributed by atoms with Crippen molar-refractivity contribution >= 4 is 27.5 Å². The molecule has 0 aliphatic carbocycles. The second-order valence-electron chi connectivity index (χ2n) is 7.01. The lowest BCUT2D eigenvalue weighted by molar-refractivity contribution is 0.0981. The number of piperidine rings is 1. The number of benzene rings is 1. The van der Waals surface area contributed by atoms with Gasteiger partial charge in [-0.2, -0.15) is 0 Å². The molecule has 162 valence electrons. The van der Waals surface area contributed by atoms with E-state index in [1.54, 1.807) is 0 Å². The maximum atomic E-state index is 14.6. The summed E-state index contributed by atoms with van der Waals surface area (Å²) in [6, 6.07) is 2.79. The van der Waals surface area contributed by atoms with E-state index in [9.17, 15) is 27.2 Å². The van der Waals surface area contributed by atoms with Gasteiger partial charge in [0.15, 0.2) is 0 Å². The number of carbonyl (C=O) groups is 1. The average molecular weight is 459 g/mol. The van der Waals surface area contributed by atoms with E-state index < -0.39 is 43.9 Å². The summed E-state index contributed by atoms with van der Waals surface area (Å²) < 4.78 is 43.2. The van der Waals surface area contributed by atoms with Crippen LogP contribution in [0.15, 0.2) is 27.8 Å². The number of nitrogens with zero attached hydrogens (tertiary/aromatic N) is 2. The Morgan fingerprint density at radius 1 is 1.23 bits per heavy atom. The number of aryl methyl sites for hydroxylation is 1. The molecular formula is C18H20ClFN4O5S. The fourth-order valence-corrected chi connectivity index (χ4v) is 4.84. The third kappa shape index (κ3) is 4.18. The summed E-state index contributed by atoms with van der Waals surface area (Å²) in [6.07, 6.45) is 0.666. The standard InChI is InChI=1S/C18H20ClFN4O5S/c1-10-7-16(25)24(18(27)23(10)2)15-8-12(13(19)9-14(15)20)17(26)22-30(28,29)11-3-5-21-6-4-11/h7-9,11,21H,3-6H2,1-2H3,(H,22,26). The molecule has 1 aromatic carbocycles. The highest BCUT2D eigenvalue weighted by atomic mass is 35.5. The van der Waals surface area contributed by atoms with Crippen molar-refractivity contribution in [1.29, 1.82) is 0 Å². The van der Waals surface area contributed by atoms with Crippen LogP contribution < -0.4 is 21.3 Å². The molecule has 3 rings (SSSR count). The van der Waals surface area contributed by atoms with Crippen molar-refractivity contribution in [2.75, 3.05) is 13.1 Å². The number of hydrogen-bond donors (Lipinski definition) is 2. The second-order valence-corrected chi connectivity index (χ2v) is 9.38. The number of carbonyl (C=O) groups excluding carboxylic acids is 1. The van der Waals surface area contributed by atoms with Crippen LogP contribution in [0, 0.1) is 12.7 Å². The van der Waals surface area contributed by atoms with E-state index in [1.807, 2.05) is 4.72 Å². The Hall–Kier alpha value is -2.50.